The second-order valence-corrected chi connectivity index (χ2v) is 9.31. The molecule has 0 saturated carbocycles. The number of amides is 1. The van der Waals surface area contributed by atoms with Crippen LogP contribution in [-0.4, -0.2) is 36.5 Å². The van der Waals surface area contributed by atoms with Gasteiger partial charge in [0.15, 0.2) is 5.13 Å². The van der Waals surface area contributed by atoms with E-state index in [1.165, 1.54) is 11.3 Å². The molecule has 0 radical (unpaired) electrons. The number of hydrogen-bond donors (Lipinski definition) is 1. The first kappa shape index (κ1) is 20.9. The summed E-state index contributed by atoms with van der Waals surface area (Å²) in [4.78, 5) is 19.6. The summed E-state index contributed by atoms with van der Waals surface area (Å²) in [5, 5.41) is 3.58. The summed E-state index contributed by atoms with van der Waals surface area (Å²) >= 11 is 3.16. The Morgan fingerprint density at radius 1 is 1.27 bits per heavy atom. The van der Waals surface area contributed by atoms with Gasteiger partial charge in [-0.05, 0) is 56.2 Å². The topological polar surface area (TPSA) is 60.5 Å². The second-order valence-electron chi connectivity index (χ2n) is 7.05. The van der Waals surface area contributed by atoms with Crippen LogP contribution in [-0.2, 0) is 4.74 Å². The molecule has 4 rings (SSSR count). The summed E-state index contributed by atoms with van der Waals surface area (Å²) in [7, 11) is 1.65. The predicted molar refractivity (Wildman–Crippen MR) is 123 cm³/mol. The second kappa shape index (κ2) is 9.64. The zero-order valence-electron chi connectivity index (χ0n) is 17.0. The number of nitrogens with one attached hydrogen (secondary N) is 1. The van der Waals surface area contributed by atoms with Gasteiger partial charge in [0.2, 0.25) is 0 Å². The van der Waals surface area contributed by atoms with E-state index in [0.29, 0.717) is 10.7 Å². The molecule has 3 aromatic rings. The maximum absolute atomic E-state index is 13.0. The van der Waals surface area contributed by atoms with Crippen molar-refractivity contribution in [3.05, 3.63) is 59.0 Å². The van der Waals surface area contributed by atoms with Gasteiger partial charge in [-0.3, -0.25) is 10.1 Å². The molecule has 7 heteroatoms. The first-order valence-electron chi connectivity index (χ1n) is 9.90. The van der Waals surface area contributed by atoms with E-state index in [0.717, 1.165) is 52.0 Å². The number of carbonyl (C=O) groups excluding carboxylic acids is 1. The Balaban J connectivity index is 1.47. The summed E-state index contributed by atoms with van der Waals surface area (Å²) in [6.45, 7) is 2.85. The molecule has 2 aromatic carbocycles. The van der Waals surface area contributed by atoms with E-state index in [1.54, 1.807) is 18.9 Å². The Morgan fingerprint density at radius 3 is 2.80 bits per heavy atom. The fourth-order valence-corrected chi connectivity index (χ4v) is 5.32. The Morgan fingerprint density at radius 2 is 2.07 bits per heavy atom. The van der Waals surface area contributed by atoms with Crippen molar-refractivity contribution in [3.63, 3.8) is 0 Å². The van der Waals surface area contributed by atoms with Crippen molar-refractivity contribution in [1.29, 1.82) is 0 Å². The molecule has 1 fully saturated rings. The Labute approximate surface area is 184 Å². The quantitative estimate of drug-likeness (QED) is 0.481. The van der Waals surface area contributed by atoms with Crippen LogP contribution in [0.25, 0.3) is 11.3 Å². The molecule has 1 unspecified atom stereocenters. The summed E-state index contributed by atoms with van der Waals surface area (Å²) < 4.78 is 10.9. The predicted octanol–water partition coefficient (Wildman–Crippen LogP) is 5.65. The molecule has 1 aliphatic rings. The number of thiazole rings is 1. The summed E-state index contributed by atoms with van der Waals surface area (Å²) in [5.74, 6) is 1.53. The number of hydrogen-bond acceptors (Lipinski definition) is 6. The molecule has 0 aliphatic carbocycles. The van der Waals surface area contributed by atoms with E-state index >= 15 is 0 Å². The minimum absolute atomic E-state index is 0.138. The Bertz CT molecular complexity index is 1010. The van der Waals surface area contributed by atoms with E-state index in [4.69, 9.17) is 9.47 Å². The van der Waals surface area contributed by atoms with Crippen molar-refractivity contribution in [1.82, 2.24) is 4.98 Å². The third kappa shape index (κ3) is 4.86. The molecule has 1 saturated heterocycles. The zero-order chi connectivity index (χ0) is 20.9. The Kier molecular flexibility index (Phi) is 6.72. The summed E-state index contributed by atoms with van der Waals surface area (Å²) in [6, 6.07) is 15.5. The highest BCUT2D eigenvalue weighted by Gasteiger charge is 2.19. The highest BCUT2D eigenvalue weighted by atomic mass is 32.2. The molecule has 2 heterocycles. The number of methoxy groups -OCH3 is 1. The SMILES string of the molecule is COc1ccc(-c2nc(NC(=O)c3ccccc3SCC3CCCO3)sc2C)cc1. The minimum Gasteiger partial charge on any atom is -0.497 e. The summed E-state index contributed by atoms with van der Waals surface area (Å²) in [5.41, 5.74) is 2.54. The average Bonchev–Trinajstić information content (AvgIpc) is 3.42. The molecular weight excluding hydrogens is 416 g/mol. The van der Waals surface area contributed by atoms with E-state index < -0.39 is 0 Å². The fourth-order valence-electron chi connectivity index (χ4n) is 3.37. The van der Waals surface area contributed by atoms with Gasteiger partial charge in [0.25, 0.3) is 5.91 Å². The van der Waals surface area contributed by atoms with Crippen molar-refractivity contribution < 1.29 is 14.3 Å². The smallest absolute Gasteiger partial charge is 0.258 e. The molecule has 1 aliphatic heterocycles. The first-order valence-corrected chi connectivity index (χ1v) is 11.7. The van der Waals surface area contributed by atoms with Gasteiger partial charge in [0, 0.05) is 27.7 Å². The lowest BCUT2D eigenvalue weighted by Gasteiger charge is -2.11. The maximum atomic E-state index is 13.0. The van der Waals surface area contributed by atoms with Crippen LogP contribution >= 0.6 is 23.1 Å². The molecule has 30 heavy (non-hydrogen) atoms. The van der Waals surface area contributed by atoms with Crippen LogP contribution < -0.4 is 10.1 Å². The lowest BCUT2D eigenvalue weighted by atomic mass is 10.1. The third-order valence-corrected chi connectivity index (χ3v) is 7.05. The van der Waals surface area contributed by atoms with Crippen LogP contribution in [0.15, 0.2) is 53.4 Å². The van der Waals surface area contributed by atoms with Gasteiger partial charge in [-0.25, -0.2) is 4.98 Å². The van der Waals surface area contributed by atoms with Gasteiger partial charge in [-0.2, -0.15) is 0 Å². The highest BCUT2D eigenvalue weighted by Crippen LogP contribution is 2.32. The zero-order valence-corrected chi connectivity index (χ0v) is 18.6. The average molecular weight is 441 g/mol. The van der Waals surface area contributed by atoms with Crippen molar-refractivity contribution in [2.75, 3.05) is 24.8 Å². The number of carbonyl (C=O) groups is 1. The lowest BCUT2D eigenvalue weighted by Crippen LogP contribution is -2.14. The molecule has 1 aromatic heterocycles. The number of thioether (sulfide) groups is 1. The van der Waals surface area contributed by atoms with Crippen molar-refractivity contribution >= 4 is 34.1 Å². The maximum Gasteiger partial charge on any atom is 0.258 e. The van der Waals surface area contributed by atoms with Crippen LogP contribution in [0.4, 0.5) is 5.13 Å². The fraction of sp³-hybridized carbons (Fsp3) is 0.304. The number of nitrogens with zero attached hydrogens (tertiary/aromatic N) is 1. The van der Waals surface area contributed by atoms with E-state index in [2.05, 4.69) is 10.3 Å². The molecular formula is C23H24N2O3S2. The van der Waals surface area contributed by atoms with Gasteiger partial charge in [-0.15, -0.1) is 23.1 Å². The molecule has 156 valence electrons. The van der Waals surface area contributed by atoms with Gasteiger partial charge >= 0.3 is 0 Å². The molecule has 0 spiro atoms. The number of aryl methyl sites for hydroxylation is 1. The summed E-state index contributed by atoms with van der Waals surface area (Å²) in [6.07, 6.45) is 2.49. The van der Waals surface area contributed by atoms with Gasteiger partial charge in [-0.1, -0.05) is 12.1 Å². The number of anilines is 1. The monoisotopic (exact) mass is 440 g/mol. The van der Waals surface area contributed by atoms with Crippen molar-refractivity contribution in [2.45, 2.75) is 30.8 Å². The minimum atomic E-state index is -0.138. The third-order valence-electron chi connectivity index (χ3n) is 4.96. The standard InChI is InChI=1S/C23H24N2O3S2/c1-15-21(16-9-11-17(27-2)12-10-16)24-23(30-15)25-22(26)19-7-3-4-8-20(19)29-14-18-6-5-13-28-18/h3-4,7-12,18H,5-6,13-14H2,1-2H3,(H,24,25,26). The van der Waals surface area contributed by atoms with Crippen molar-refractivity contribution in [2.24, 2.45) is 0 Å². The van der Waals surface area contributed by atoms with Crippen LogP contribution in [0.3, 0.4) is 0 Å². The Hall–Kier alpha value is -2.35. The van der Waals surface area contributed by atoms with Gasteiger partial charge in [0.05, 0.1) is 24.5 Å². The van der Waals surface area contributed by atoms with E-state index in [9.17, 15) is 4.79 Å². The molecule has 5 nitrogen and oxygen atoms in total. The van der Waals surface area contributed by atoms with Gasteiger partial charge < -0.3 is 9.47 Å². The van der Waals surface area contributed by atoms with E-state index in [1.807, 2.05) is 55.5 Å². The van der Waals surface area contributed by atoms with Gasteiger partial charge in [0.1, 0.15) is 5.75 Å². The highest BCUT2D eigenvalue weighted by molar-refractivity contribution is 7.99. The van der Waals surface area contributed by atoms with Crippen LogP contribution in [0.1, 0.15) is 28.1 Å². The largest absolute Gasteiger partial charge is 0.497 e. The van der Waals surface area contributed by atoms with Crippen LogP contribution in [0, 0.1) is 6.92 Å². The molecule has 1 atom stereocenters. The normalized spacial score (nSPS) is 15.9. The van der Waals surface area contributed by atoms with E-state index in [-0.39, 0.29) is 12.0 Å². The molecule has 1 N–H and O–H groups in total. The van der Waals surface area contributed by atoms with Crippen LogP contribution in [0.5, 0.6) is 5.75 Å². The lowest BCUT2D eigenvalue weighted by molar-refractivity contribution is 0.102. The first-order chi connectivity index (χ1) is 14.6. The molecule has 1 amide bonds. The van der Waals surface area contributed by atoms with Crippen LogP contribution in [0.2, 0.25) is 0 Å². The number of benzene rings is 2. The molecule has 0 bridgehead atoms. The number of ether oxygens (including phenoxy) is 2. The number of rotatable bonds is 7. The number of aromatic nitrogens is 1. The van der Waals surface area contributed by atoms with Crippen molar-refractivity contribution in [3.8, 4) is 17.0 Å².